The largest absolute Gasteiger partial charge is 0.343 e. The van der Waals surface area contributed by atoms with Crippen molar-refractivity contribution in [1.82, 2.24) is 10.3 Å². The normalized spacial score (nSPS) is 10.1. The molecule has 5 nitrogen and oxygen atoms in total. The summed E-state index contributed by atoms with van der Waals surface area (Å²) >= 11 is 1.34. The number of halogens is 1. The van der Waals surface area contributed by atoms with Crippen LogP contribution >= 0.6 is 11.3 Å². The molecule has 2 amide bonds. The van der Waals surface area contributed by atoms with E-state index in [1.165, 1.54) is 29.5 Å². The lowest BCUT2D eigenvalue weighted by molar-refractivity contribution is -0.115. The zero-order valence-corrected chi connectivity index (χ0v) is 11.5. The van der Waals surface area contributed by atoms with Gasteiger partial charge in [-0.1, -0.05) is 6.07 Å². The van der Waals surface area contributed by atoms with Crippen molar-refractivity contribution in [2.24, 2.45) is 0 Å². The van der Waals surface area contributed by atoms with Gasteiger partial charge in [-0.25, -0.2) is 9.37 Å². The summed E-state index contributed by atoms with van der Waals surface area (Å²) in [5.74, 6) is -1.39. The van der Waals surface area contributed by atoms with E-state index in [0.29, 0.717) is 5.13 Å². The van der Waals surface area contributed by atoms with Gasteiger partial charge in [-0.15, -0.1) is 11.3 Å². The number of rotatable bonds is 4. The van der Waals surface area contributed by atoms with Crippen LogP contribution in [0.5, 0.6) is 0 Å². The molecule has 0 unspecified atom stereocenters. The molecule has 2 rings (SSSR count). The molecule has 0 aliphatic heterocycles. The molecule has 7 heteroatoms. The zero-order valence-electron chi connectivity index (χ0n) is 10.6. The van der Waals surface area contributed by atoms with Crippen LogP contribution in [0.15, 0.2) is 30.5 Å². The molecule has 0 atom stereocenters. The summed E-state index contributed by atoms with van der Waals surface area (Å²) in [5, 5.41) is 5.45. The molecule has 0 aliphatic carbocycles. The highest BCUT2D eigenvalue weighted by Crippen LogP contribution is 2.15. The Hall–Kier alpha value is -2.28. The van der Waals surface area contributed by atoms with Gasteiger partial charge in [0.15, 0.2) is 5.13 Å². The number of anilines is 1. The lowest BCUT2D eigenvalue weighted by Crippen LogP contribution is -2.32. The van der Waals surface area contributed by atoms with Gasteiger partial charge in [0, 0.05) is 16.6 Å². The maximum Gasteiger partial charge on any atom is 0.251 e. The van der Waals surface area contributed by atoms with Crippen LogP contribution < -0.4 is 10.6 Å². The second-order valence-electron chi connectivity index (χ2n) is 4.02. The monoisotopic (exact) mass is 293 g/mol. The Kier molecular flexibility index (Phi) is 4.41. The van der Waals surface area contributed by atoms with Crippen molar-refractivity contribution in [3.05, 3.63) is 46.7 Å². The number of thiazole rings is 1. The van der Waals surface area contributed by atoms with Crippen molar-refractivity contribution < 1.29 is 14.0 Å². The van der Waals surface area contributed by atoms with E-state index < -0.39 is 11.7 Å². The number of amides is 2. The fraction of sp³-hybridized carbons (Fsp3) is 0.154. The number of benzene rings is 1. The molecule has 20 heavy (non-hydrogen) atoms. The lowest BCUT2D eigenvalue weighted by Gasteiger charge is -2.05. The van der Waals surface area contributed by atoms with Gasteiger partial charge in [-0.05, 0) is 25.1 Å². The van der Waals surface area contributed by atoms with E-state index in [4.69, 9.17) is 0 Å². The number of hydrogen-bond donors (Lipinski definition) is 2. The van der Waals surface area contributed by atoms with Crippen LogP contribution in [0.1, 0.15) is 15.2 Å². The highest BCUT2D eigenvalue weighted by atomic mass is 32.1. The number of carbonyl (C=O) groups excluding carboxylic acids is 2. The predicted octanol–water partition coefficient (Wildman–Crippen LogP) is 1.96. The third kappa shape index (κ3) is 3.86. The Morgan fingerprint density at radius 2 is 2.20 bits per heavy atom. The SMILES string of the molecule is Cc1cnc(NC(=O)CNC(=O)c2cccc(F)c2)s1. The van der Waals surface area contributed by atoms with Crippen molar-refractivity contribution in [3.63, 3.8) is 0 Å². The quantitative estimate of drug-likeness (QED) is 0.905. The average Bonchev–Trinajstić information content (AvgIpc) is 2.81. The Morgan fingerprint density at radius 3 is 2.85 bits per heavy atom. The molecule has 1 aromatic carbocycles. The topological polar surface area (TPSA) is 71.1 Å². The van der Waals surface area contributed by atoms with Crippen LogP contribution in [-0.4, -0.2) is 23.3 Å². The van der Waals surface area contributed by atoms with Gasteiger partial charge in [0.05, 0.1) is 6.54 Å². The van der Waals surface area contributed by atoms with Crippen LogP contribution in [0, 0.1) is 12.7 Å². The maximum absolute atomic E-state index is 13.0. The zero-order chi connectivity index (χ0) is 14.5. The molecule has 0 radical (unpaired) electrons. The summed E-state index contributed by atoms with van der Waals surface area (Å²) < 4.78 is 13.0. The average molecular weight is 293 g/mol. The second kappa shape index (κ2) is 6.25. The second-order valence-corrected chi connectivity index (χ2v) is 5.25. The van der Waals surface area contributed by atoms with Gasteiger partial charge in [0.25, 0.3) is 5.91 Å². The minimum Gasteiger partial charge on any atom is -0.343 e. The molecule has 0 bridgehead atoms. The molecule has 0 fully saturated rings. The summed E-state index contributed by atoms with van der Waals surface area (Å²) in [6.07, 6.45) is 1.64. The first-order chi connectivity index (χ1) is 9.54. The van der Waals surface area contributed by atoms with Gasteiger partial charge in [-0.3, -0.25) is 9.59 Å². The first kappa shape index (κ1) is 14.1. The van der Waals surface area contributed by atoms with E-state index >= 15 is 0 Å². The van der Waals surface area contributed by atoms with E-state index in [0.717, 1.165) is 10.9 Å². The summed E-state index contributed by atoms with van der Waals surface area (Å²) in [4.78, 5) is 28.2. The van der Waals surface area contributed by atoms with Crippen molar-refractivity contribution in [2.75, 3.05) is 11.9 Å². The number of carbonyl (C=O) groups is 2. The molecule has 0 aliphatic rings. The van der Waals surface area contributed by atoms with Crippen molar-refractivity contribution in [3.8, 4) is 0 Å². The fourth-order valence-corrected chi connectivity index (χ4v) is 2.15. The highest BCUT2D eigenvalue weighted by Gasteiger charge is 2.09. The summed E-state index contributed by atoms with van der Waals surface area (Å²) in [5.41, 5.74) is 0.169. The number of nitrogens with zero attached hydrogens (tertiary/aromatic N) is 1. The van der Waals surface area contributed by atoms with Gasteiger partial charge < -0.3 is 10.6 Å². The Morgan fingerprint density at radius 1 is 1.40 bits per heavy atom. The number of aryl methyl sites for hydroxylation is 1. The van der Waals surface area contributed by atoms with E-state index in [1.807, 2.05) is 6.92 Å². The number of aromatic nitrogens is 1. The smallest absolute Gasteiger partial charge is 0.251 e. The van der Waals surface area contributed by atoms with Gasteiger partial charge >= 0.3 is 0 Å². The molecular weight excluding hydrogens is 281 g/mol. The molecule has 0 saturated heterocycles. The van der Waals surface area contributed by atoms with Gasteiger partial charge in [0.1, 0.15) is 5.82 Å². The first-order valence-corrected chi connectivity index (χ1v) is 6.62. The van der Waals surface area contributed by atoms with Crippen molar-refractivity contribution in [2.45, 2.75) is 6.92 Å². The van der Waals surface area contributed by atoms with Crippen LogP contribution in [0.2, 0.25) is 0 Å². The molecule has 0 saturated carbocycles. The maximum atomic E-state index is 13.0. The molecular formula is C13H12FN3O2S. The van der Waals surface area contributed by atoms with Crippen molar-refractivity contribution in [1.29, 1.82) is 0 Å². The standard InChI is InChI=1S/C13H12FN3O2S/c1-8-6-16-13(20-8)17-11(18)7-15-12(19)9-3-2-4-10(14)5-9/h2-6H,7H2,1H3,(H,15,19)(H,16,17,18). The molecule has 2 aromatic rings. The van der Waals surface area contributed by atoms with Gasteiger partial charge in [-0.2, -0.15) is 0 Å². The number of nitrogens with one attached hydrogen (secondary N) is 2. The Labute approximate surface area is 118 Å². The lowest BCUT2D eigenvalue weighted by atomic mass is 10.2. The fourth-order valence-electron chi connectivity index (χ4n) is 1.47. The molecule has 2 N–H and O–H groups in total. The van der Waals surface area contributed by atoms with E-state index in [9.17, 15) is 14.0 Å². The third-order valence-electron chi connectivity index (χ3n) is 2.36. The summed E-state index contributed by atoms with van der Waals surface area (Å²) in [6.45, 7) is 1.67. The van der Waals surface area contributed by atoms with Crippen LogP contribution in [0.4, 0.5) is 9.52 Å². The Balaban J connectivity index is 1.85. The van der Waals surface area contributed by atoms with E-state index in [-0.39, 0.29) is 18.0 Å². The van der Waals surface area contributed by atoms with Crippen LogP contribution in [-0.2, 0) is 4.79 Å². The number of hydrogen-bond acceptors (Lipinski definition) is 4. The molecule has 0 spiro atoms. The third-order valence-corrected chi connectivity index (χ3v) is 3.19. The van der Waals surface area contributed by atoms with E-state index in [2.05, 4.69) is 15.6 Å². The molecule has 104 valence electrons. The molecule has 1 aromatic heterocycles. The van der Waals surface area contributed by atoms with Crippen LogP contribution in [0.25, 0.3) is 0 Å². The predicted molar refractivity (Wildman–Crippen MR) is 74.2 cm³/mol. The van der Waals surface area contributed by atoms with Crippen LogP contribution in [0.3, 0.4) is 0 Å². The van der Waals surface area contributed by atoms with E-state index in [1.54, 1.807) is 6.20 Å². The minimum atomic E-state index is -0.505. The Bertz CT molecular complexity index is 642. The highest BCUT2D eigenvalue weighted by molar-refractivity contribution is 7.15. The van der Waals surface area contributed by atoms with Crippen molar-refractivity contribution >= 4 is 28.3 Å². The molecule has 1 heterocycles. The first-order valence-electron chi connectivity index (χ1n) is 5.80. The van der Waals surface area contributed by atoms with Gasteiger partial charge in [0.2, 0.25) is 5.91 Å². The summed E-state index contributed by atoms with van der Waals surface area (Å²) in [7, 11) is 0. The minimum absolute atomic E-state index is 0.169. The summed E-state index contributed by atoms with van der Waals surface area (Å²) in [6, 6.07) is 5.26.